The Morgan fingerprint density at radius 3 is 1.60 bits per heavy atom. The highest BCUT2D eigenvalue weighted by Crippen LogP contribution is 2.49. The van der Waals surface area contributed by atoms with Crippen LogP contribution in [0.4, 0.5) is 45.5 Å². The number of benzene rings is 9. The summed E-state index contributed by atoms with van der Waals surface area (Å²) < 4.78 is 5.24. The Hall–Kier alpha value is -6.92. The molecule has 0 amide bonds. The molecular weight excluding hydrogens is 803 g/mol. The number of thiophene rings is 2. The van der Waals surface area contributed by atoms with Gasteiger partial charge in [0.05, 0.1) is 11.4 Å². The second-order valence-electron chi connectivity index (χ2n) is 16.8. The molecule has 3 nitrogen and oxygen atoms in total. The highest BCUT2D eigenvalue weighted by molar-refractivity contribution is 7.26. The van der Waals surface area contributed by atoms with Crippen molar-refractivity contribution in [2.24, 2.45) is 0 Å². The van der Waals surface area contributed by atoms with Crippen molar-refractivity contribution in [1.82, 2.24) is 0 Å². The normalized spacial score (nSPS) is 13.3. The van der Waals surface area contributed by atoms with E-state index in [0.717, 1.165) is 28.4 Å². The molecule has 12 rings (SSSR count). The lowest BCUT2D eigenvalue weighted by molar-refractivity contribution is 0.436. The summed E-state index contributed by atoms with van der Waals surface area (Å²) in [7, 11) is 0. The van der Waals surface area contributed by atoms with E-state index in [1.54, 1.807) is 0 Å². The molecule has 1 fully saturated rings. The predicted octanol–water partition coefficient (Wildman–Crippen LogP) is 18.0. The van der Waals surface area contributed by atoms with Crippen molar-refractivity contribution in [3.63, 3.8) is 0 Å². The minimum atomic E-state index is 0.380. The quantitative estimate of drug-likeness (QED) is 0.143. The Labute approximate surface area is 376 Å². The van der Waals surface area contributed by atoms with Crippen molar-refractivity contribution in [2.75, 3.05) is 14.7 Å². The standard InChI is InChI=1S/C58H45N3S2/c1-4-18-42(19-5-1)59(43-20-6-2-7-21-43)47-30-33-50-51-34-31-48(39-58(51)63-57(50)38-47)60(44-22-8-3-9-23-44)53-25-13-14-26-54(53)61(45-29-28-40-16-10-11-17-41(40)36-45)46-32-35-56-52(37-46)49-24-12-15-27-55(49)62-56/h1-2,4-7,10-21,24-39,44H,3,8-9,22-23H2. The SMILES string of the molecule is c1ccc(N(c2ccccc2)c2ccc3c(c2)sc2cc(N(c4ccccc4N(c4ccc5ccccc5c4)c4ccc5sc6ccccc6c5c4)C4CCCCC4)ccc23)cc1. The molecule has 0 atom stereocenters. The summed E-state index contributed by atoms with van der Waals surface area (Å²) in [6.07, 6.45) is 6.11. The third kappa shape index (κ3) is 6.89. The van der Waals surface area contributed by atoms with E-state index in [0.29, 0.717) is 6.04 Å². The molecule has 0 aliphatic heterocycles. The lowest BCUT2D eigenvalue weighted by Crippen LogP contribution is -2.33. The first-order valence-electron chi connectivity index (χ1n) is 22.2. The van der Waals surface area contributed by atoms with Crippen LogP contribution in [0.1, 0.15) is 32.1 Å². The lowest BCUT2D eigenvalue weighted by atomic mass is 9.93. The first kappa shape index (κ1) is 37.8. The maximum absolute atomic E-state index is 2.70. The van der Waals surface area contributed by atoms with Crippen molar-refractivity contribution in [3.8, 4) is 0 Å². The van der Waals surface area contributed by atoms with Gasteiger partial charge in [0.1, 0.15) is 0 Å². The Morgan fingerprint density at radius 1 is 0.317 bits per heavy atom. The first-order valence-corrected chi connectivity index (χ1v) is 23.8. The fourth-order valence-corrected chi connectivity index (χ4v) is 12.2. The minimum absolute atomic E-state index is 0.380. The lowest BCUT2D eigenvalue weighted by Gasteiger charge is -2.39. The molecule has 0 saturated heterocycles. The Balaban J connectivity index is 1.01. The number of para-hydroxylation sites is 4. The molecule has 0 radical (unpaired) electrons. The van der Waals surface area contributed by atoms with Crippen LogP contribution in [0, 0.1) is 0 Å². The molecule has 0 bridgehead atoms. The topological polar surface area (TPSA) is 9.72 Å². The van der Waals surface area contributed by atoms with Gasteiger partial charge in [-0.05, 0) is 121 Å². The number of hydrogen-bond acceptors (Lipinski definition) is 5. The molecule has 9 aromatic carbocycles. The van der Waals surface area contributed by atoms with E-state index in [1.165, 1.54) is 100 Å². The summed E-state index contributed by atoms with van der Waals surface area (Å²) in [5.74, 6) is 0. The van der Waals surface area contributed by atoms with Gasteiger partial charge in [-0.3, -0.25) is 0 Å². The largest absolute Gasteiger partial charge is 0.337 e. The minimum Gasteiger partial charge on any atom is -0.337 e. The summed E-state index contributed by atoms with van der Waals surface area (Å²) in [5, 5.41) is 7.70. The van der Waals surface area contributed by atoms with Gasteiger partial charge in [0.2, 0.25) is 0 Å². The number of anilines is 8. The zero-order chi connectivity index (χ0) is 41.7. The maximum atomic E-state index is 2.70. The van der Waals surface area contributed by atoms with Crippen molar-refractivity contribution in [2.45, 2.75) is 38.1 Å². The fourth-order valence-electron chi connectivity index (χ4n) is 9.98. The second kappa shape index (κ2) is 16.1. The van der Waals surface area contributed by atoms with Crippen molar-refractivity contribution in [1.29, 1.82) is 0 Å². The number of fused-ring (bicyclic) bond motifs is 7. The monoisotopic (exact) mass is 847 g/mol. The highest BCUT2D eigenvalue weighted by Gasteiger charge is 2.28. The average Bonchev–Trinajstić information content (AvgIpc) is 3.91. The summed E-state index contributed by atoms with van der Waals surface area (Å²) >= 11 is 3.78. The van der Waals surface area contributed by atoms with Gasteiger partial charge in [0.15, 0.2) is 0 Å². The van der Waals surface area contributed by atoms with Gasteiger partial charge < -0.3 is 14.7 Å². The molecular formula is C58H45N3S2. The van der Waals surface area contributed by atoms with E-state index in [-0.39, 0.29) is 0 Å². The van der Waals surface area contributed by atoms with Crippen LogP contribution in [0.25, 0.3) is 51.1 Å². The van der Waals surface area contributed by atoms with E-state index in [4.69, 9.17) is 0 Å². The van der Waals surface area contributed by atoms with Crippen molar-refractivity contribution >= 4 is 119 Å². The molecule has 1 aliphatic rings. The molecule has 63 heavy (non-hydrogen) atoms. The second-order valence-corrected chi connectivity index (χ2v) is 18.9. The molecule has 304 valence electrons. The van der Waals surface area contributed by atoms with Gasteiger partial charge >= 0.3 is 0 Å². The van der Waals surface area contributed by atoms with E-state index < -0.39 is 0 Å². The smallest absolute Gasteiger partial charge is 0.0698 e. The predicted molar refractivity (Wildman–Crippen MR) is 275 cm³/mol. The fraction of sp³-hybridized carbons (Fsp3) is 0.103. The Kier molecular flexibility index (Phi) is 9.65. The molecule has 5 heteroatoms. The van der Waals surface area contributed by atoms with Gasteiger partial charge in [-0.15, -0.1) is 22.7 Å². The van der Waals surface area contributed by atoms with Gasteiger partial charge in [0, 0.05) is 80.5 Å². The summed E-state index contributed by atoms with van der Waals surface area (Å²) in [6.45, 7) is 0. The molecule has 2 aromatic heterocycles. The number of nitrogens with zero attached hydrogens (tertiary/aromatic N) is 3. The van der Waals surface area contributed by atoms with Gasteiger partial charge in [0.25, 0.3) is 0 Å². The summed E-state index contributed by atoms with van der Waals surface area (Å²) in [6, 6.07) is 76.7. The molecule has 1 saturated carbocycles. The van der Waals surface area contributed by atoms with E-state index in [2.05, 4.69) is 221 Å². The molecule has 2 heterocycles. The average molecular weight is 848 g/mol. The maximum Gasteiger partial charge on any atom is 0.0698 e. The van der Waals surface area contributed by atoms with Crippen LogP contribution in [0.2, 0.25) is 0 Å². The van der Waals surface area contributed by atoms with E-state index >= 15 is 0 Å². The number of hydrogen-bond donors (Lipinski definition) is 0. The van der Waals surface area contributed by atoms with Crippen LogP contribution in [0.3, 0.4) is 0 Å². The molecule has 0 unspecified atom stereocenters. The van der Waals surface area contributed by atoms with Crippen LogP contribution in [0.5, 0.6) is 0 Å². The zero-order valence-electron chi connectivity index (χ0n) is 34.9. The highest BCUT2D eigenvalue weighted by atomic mass is 32.1. The Bertz CT molecular complexity index is 3380. The molecule has 11 aromatic rings. The summed E-state index contributed by atoms with van der Waals surface area (Å²) in [4.78, 5) is 7.56. The van der Waals surface area contributed by atoms with Crippen LogP contribution >= 0.6 is 22.7 Å². The summed E-state index contributed by atoms with van der Waals surface area (Å²) in [5.41, 5.74) is 9.43. The van der Waals surface area contributed by atoms with Crippen molar-refractivity contribution < 1.29 is 0 Å². The third-order valence-corrected chi connectivity index (χ3v) is 15.2. The molecule has 1 aliphatic carbocycles. The van der Waals surface area contributed by atoms with Crippen LogP contribution in [-0.4, -0.2) is 6.04 Å². The van der Waals surface area contributed by atoms with Crippen LogP contribution < -0.4 is 14.7 Å². The van der Waals surface area contributed by atoms with Gasteiger partial charge in [-0.25, -0.2) is 0 Å². The first-order chi connectivity index (χ1) is 31.2. The van der Waals surface area contributed by atoms with Crippen LogP contribution in [-0.2, 0) is 0 Å². The van der Waals surface area contributed by atoms with Crippen molar-refractivity contribution in [3.05, 3.63) is 206 Å². The van der Waals surface area contributed by atoms with E-state index in [1.807, 2.05) is 22.7 Å². The van der Waals surface area contributed by atoms with Crippen LogP contribution in [0.15, 0.2) is 206 Å². The molecule has 0 spiro atoms. The molecule has 0 N–H and O–H groups in total. The van der Waals surface area contributed by atoms with Gasteiger partial charge in [-0.2, -0.15) is 0 Å². The number of rotatable bonds is 9. The zero-order valence-corrected chi connectivity index (χ0v) is 36.5. The Morgan fingerprint density at radius 2 is 0.841 bits per heavy atom. The third-order valence-electron chi connectivity index (χ3n) is 12.9. The van der Waals surface area contributed by atoms with E-state index in [9.17, 15) is 0 Å². The van der Waals surface area contributed by atoms with Gasteiger partial charge in [-0.1, -0.05) is 128 Å².